The first-order valence-corrected chi connectivity index (χ1v) is 9.57. The van der Waals surface area contributed by atoms with Gasteiger partial charge in [0, 0.05) is 5.56 Å². The summed E-state index contributed by atoms with van der Waals surface area (Å²) in [4.78, 5) is 12.7. The number of benzene rings is 3. The van der Waals surface area contributed by atoms with Gasteiger partial charge in [0.2, 0.25) is 0 Å². The summed E-state index contributed by atoms with van der Waals surface area (Å²) in [5.41, 5.74) is 2.19. The molecule has 0 aliphatic carbocycles. The molecule has 0 bridgehead atoms. The van der Waals surface area contributed by atoms with Crippen LogP contribution < -0.4 is 14.8 Å². The van der Waals surface area contributed by atoms with Crippen molar-refractivity contribution < 1.29 is 14.3 Å². The van der Waals surface area contributed by atoms with Crippen molar-refractivity contribution in [2.75, 3.05) is 11.9 Å². The van der Waals surface area contributed by atoms with Crippen molar-refractivity contribution in [3.8, 4) is 11.5 Å². The molecule has 142 valence electrons. The highest BCUT2D eigenvalue weighted by Crippen LogP contribution is 2.28. The van der Waals surface area contributed by atoms with Gasteiger partial charge in [-0.1, -0.05) is 55.1 Å². The molecule has 0 atom stereocenters. The molecule has 1 N–H and O–H groups in total. The highest BCUT2D eigenvalue weighted by atomic mass is 79.9. The molecule has 4 nitrogen and oxygen atoms in total. The summed E-state index contributed by atoms with van der Waals surface area (Å²) in [7, 11) is 0. The van der Waals surface area contributed by atoms with Crippen molar-refractivity contribution in [3.63, 3.8) is 0 Å². The second-order valence-electron chi connectivity index (χ2n) is 5.97. The van der Waals surface area contributed by atoms with E-state index >= 15 is 0 Å². The number of ether oxygens (including phenoxy) is 2. The number of anilines is 1. The molecule has 0 aliphatic rings. The number of para-hydroxylation sites is 2. The second-order valence-corrected chi connectivity index (χ2v) is 6.82. The topological polar surface area (TPSA) is 47.6 Å². The quantitative estimate of drug-likeness (QED) is 0.449. The van der Waals surface area contributed by atoms with Crippen molar-refractivity contribution in [3.05, 3.63) is 101 Å². The maximum absolute atomic E-state index is 12.7. The monoisotopic (exact) mass is 437 g/mol. The van der Waals surface area contributed by atoms with Crippen molar-refractivity contribution in [1.29, 1.82) is 0 Å². The van der Waals surface area contributed by atoms with E-state index in [0.29, 0.717) is 40.4 Å². The summed E-state index contributed by atoms with van der Waals surface area (Å²) < 4.78 is 12.1. The molecule has 0 aromatic heterocycles. The normalized spacial score (nSPS) is 10.2. The predicted molar refractivity (Wildman–Crippen MR) is 115 cm³/mol. The number of nitrogens with one attached hydrogen (secondary N) is 1. The van der Waals surface area contributed by atoms with Crippen molar-refractivity contribution >= 4 is 27.5 Å². The van der Waals surface area contributed by atoms with Gasteiger partial charge in [0.1, 0.15) is 24.7 Å². The van der Waals surface area contributed by atoms with E-state index in [1.165, 1.54) is 0 Å². The Kier molecular flexibility index (Phi) is 6.87. The van der Waals surface area contributed by atoms with Gasteiger partial charge < -0.3 is 14.8 Å². The van der Waals surface area contributed by atoms with E-state index in [0.717, 1.165) is 5.56 Å². The van der Waals surface area contributed by atoms with E-state index in [-0.39, 0.29) is 5.91 Å². The number of halogens is 1. The molecule has 0 saturated heterocycles. The highest BCUT2D eigenvalue weighted by molar-refractivity contribution is 9.10. The van der Waals surface area contributed by atoms with Crippen LogP contribution in [0.2, 0.25) is 0 Å². The molecule has 5 heteroatoms. The Labute approximate surface area is 172 Å². The van der Waals surface area contributed by atoms with Gasteiger partial charge in [-0.2, -0.15) is 0 Å². The molecule has 0 fully saturated rings. The third kappa shape index (κ3) is 5.24. The average Bonchev–Trinajstić information content (AvgIpc) is 2.73. The van der Waals surface area contributed by atoms with Crippen LogP contribution in [-0.2, 0) is 6.61 Å². The van der Waals surface area contributed by atoms with Crippen LogP contribution in [0, 0.1) is 0 Å². The number of rotatable bonds is 8. The number of carbonyl (C=O) groups excluding carboxylic acids is 1. The Bertz CT molecular complexity index is 957. The van der Waals surface area contributed by atoms with E-state index in [4.69, 9.17) is 9.47 Å². The van der Waals surface area contributed by atoms with E-state index in [9.17, 15) is 4.79 Å². The number of hydrogen-bond acceptors (Lipinski definition) is 3. The minimum atomic E-state index is -0.230. The van der Waals surface area contributed by atoms with Gasteiger partial charge >= 0.3 is 0 Å². The maximum Gasteiger partial charge on any atom is 0.255 e. The largest absolute Gasteiger partial charge is 0.488 e. The van der Waals surface area contributed by atoms with E-state index in [2.05, 4.69) is 27.8 Å². The van der Waals surface area contributed by atoms with Gasteiger partial charge in [-0.05, 0) is 51.8 Å². The molecule has 0 saturated carbocycles. The summed E-state index contributed by atoms with van der Waals surface area (Å²) in [6, 6.07) is 22.4. The lowest BCUT2D eigenvalue weighted by Crippen LogP contribution is -2.13. The Balaban J connectivity index is 1.70. The van der Waals surface area contributed by atoms with Crippen LogP contribution in [0.5, 0.6) is 11.5 Å². The van der Waals surface area contributed by atoms with Crippen LogP contribution in [0.4, 0.5) is 5.69 Å². The number of hydrogen-bond donors (Lipinski definition) is 1. The molecule has 28 heavy (non-hydrogen) atoms. The van der Waals surface area contributed by atoms with Crippen molar-refractivity contribution in [1.82, 2.24) is 0 Å². The zero-order valence-electron chi connectivity index (χ0n) is 15.2. The van der Waals surface area contributed by atoms with Crippen LogP contribution in [0.1, 0.15) is 15.9 Å². The fraction of sp³-hybridized carbons (Fsp3) is 0.0870. The predicted octanol–water partition coefficient (Wildman–Crippen LogP) is 5.85. The first-order valence-electron chi connectivity index (χ1n) is 8.77. The Morgan fingerprint density at radius 1 is 0.964 bits per heavy atom. The fourth-order valence-corrected chi connectivity index (χ4v) is 3.03. The molecule has 1 amide bonds. The number of amides is 1. The lowest BCUT2D eigenvalue weighted by Gasteiger charge is -2.13. The molecule has 3 rings (SSSR count). The van der Waals surface area contributed by atoms with Crippen LogP contribution in [0.25, 0.3) is 0 Å². The van der Waals surface area contributed by atoms with Gasteiger partial charge in [0.05, 0.1) is 10.2 Å². The van der Waals surface area contributed by atoms with Gasteiger partial charge in [0.25, 0.3) is 5.91 Å². The van der Waals surface area contributed by atoms with Crippen LogP contribution in [0.3, 0.4) is 0 Å². The van der Waals surface area contributed by atoms with Gasteiger partial charge in [-0.15, -0.1) is 0 Å². The molecule has 0 unspecified atom stereocenters. The van der Waals surface area contributed by atoms with E-state index < -0.39 is 0 Å². The smallest absolute Gasteiger partial charge is 0.255 e. The van der Waals surface area contributed by atoms with Crippen LogP contribution in [0.15, 0.2) is 89.9 Å². The Morgan fingerprint density at radius 3 is 2.46 bits per heavy atom. The van der Waals surface area contributed by atoms with Gasteiger partial charge in [-0.25, -0.2) is 0 Å². The third-order valence-electron chi connectivity index (χ3n) is 3.92. The van der Waals surface area contributed by atoms with Gasteiger partial charge in [-0.3, -0.25) is 4.79 Å². The maximum atomic E-state index is 12.7. The molecule has 0 radical (unpaired) electrons. The molecular formula is C23H20BrNO3. The minimum absolute atomic E-state index is 0.230. The molecule has 0 spiro atoms. The summed E-state index contributed by atoms with van der Waals surface area (Å²) in [6.45, 7) is 4.45. The third-order valence-corrected chi connectivity index (χ3v) is 4.54. The van der Waals surface area contributed by atoms with Crippen molar-refractivity contribution in [2.24, 2.45) is 0 Å². The fourth-order valence-electron chi connectivity index (χ4n) is 2.53. The Hall–Kier alpha value is -3.05. The van der Waals surface area contributed by atoms with E-state index in [1.54, 1.807) is 24.3 Å². The zero-order chi connectivity index (χ0) is 19.8. The minimum Gasteiger partial charge on any atom is -0.488 e. The van der Waals surface area contributed by atoms with Crippen LogP contribution in [-0.4, -0.2) is 12.5 Å². The lowest BCUT2D eigenvalue weighted by atomic mass is 10.2. The molecule has 3 aromatic rings. The first-order chi connectivity index (χ1) is 13.7. The van der Waals surface area contributed by atoms with Gasteiger partial charge in [0.15, 0.2) is 0 Å². The van der Waals surface area contributed by atoms with E-state index in [1.807, 2.05) is 54.6 Å². The molecule has 0 aliphatic heterocycles. The average molecular weight is 438 g/mol. The molecule has 0 heterocycles. The standard InChI is InChI=1S/C23H20BrNO3/c1-2-14-27-21-13-12-18(15-19(21)24)23(26)25-20-10-6-7-11-22(20)28-16-17-8-4-3-5-9-17/h2-13,15H,1,14,16H2,(H,25,26). The summed E-state index contributed by atoms with van der Waals surface area (Å²) in [6.07, 6.45) is 1.67. The summed E-state index contributed by atoms with van der Waals surface area (Å²) in [5.74, 6) is 1.04. The summed E-state index contributed by atoms with van der Waals surface area (Å²) >= 11 is 3.43. The lowest BCUT2D eigenvalue weighted by molar-refractivity contribution is 0.102. The Morgan fingerprint density at radius 2 is 1.71 bits per heavy atom. The number of carbonyl (C=O) groups is 1. The van der Waals surface area contributed by atoms with Crippen molar-refractivity contribution in [2.45, 2.75) is 6.61 Å². The summed E-state index contributed by atoms with van der Waals surface area (Å²) in [5, 5.41) is 2.91. The SMILES string of the molecule is C=CCOc1ccc(C(=O)Nc2ccccc2OCc2ccccc2)cc1Br. The molecular weight excluding hydrogens is 418 g/mol. The molecule has 3 aromatic carbocycles. The zero-order valence-corrected chi connectivity index (χ0v) is 16.8. The first kappa shape index (κ1) is 19.7. The van der Waals surface area contributed by atoms with Crippen LogP contribution >= 0.6 is 15.9 Å². The second kappa shape index (κ2) is 9.76. The highest BCUT2D eigenvalue weighted by Gasteiger charge is 2.12.